The van der Waals surface area contributed by atoms with Crippen LogP contribution < -0.4 is 10.0 Å². The highest BCUT2D eigenvalue weighted by Gasteiger charge is 2.33. The molecule has 0 spiro atoms. The van der Waals surface area contributed by atoms with Crippen LogP contribution in [0.4, 0.5) is 4.39 Å². The first kappa shape index (κ1) is 25.6. The molecule has 0 aliphatic rings. The molecule has 2 atom stereocenters. The molecule has 0 saturated carbocycles. The molecule has 1 aromatic carbocycles. The highest BCUT2D eigenvalue weighted by Crippen LogP contribution is 2.20. The van der Waals surface area contributed by atoms with Gasteiger partial charge >= 0.3 is 5.97 Å². The van der Waals surface area contributed by atoms with Gasteiger partial charge in [-0.15, -0.1) is 11.3 Å². The zero-order valence-electron chi connectivity index (χ0n) is 18.0. The third-order valence-electron chi connectivity index (χ3n) is 4.41. The predicted octanol–water partition coefficient (Wildman–Crippen LogP) is 2.64. The number of hydrogen-bond acceptors (Lipinski definition) is 7. The first-order chi connectivity index (χ1) is 14.9. The maximum atomic E-state index is 13.9. The highest BCUT2D eigenvalue weighted by atomic mass is 32.2. The largest absolute Gasteiger partial charge is 0.453 e. The Bertz CT molecular complexity index is 1100. The van der Waals surface area contributed by atoms with Crippen LogP contribution in [0.2, 0.25) is 0 Å². The topological polar surface area (TPSA) is 119 Å². The molecule has 0 aliphatic heterocycles. The Labute approximate surface area is 190 Å². The van der Waals surface area contributed by atoms with Gasteiger partial charge in [-0.05, 0) is 37.1 Å². The number of amides is 1. The molecule has 174 valence electrons. The Hall–Kier alpha value is -2.63. The van der Waals surface area contributed by atoms with Crippen molar-refractivity contribution >= 4 is 39.0 Å². The van der Waals surface area contributed by atoms with Crippen LogP contribution in [0.3, 0.4) is 0 Å². The van der Waals surface area contributed by atoms with Crippen LogP contribution in [0.25, 0.3) is 0 Å². The van der Waals surface area contributed by atoms with Gasteiger partial charge in [0.15, 0.2) is 6.10 Å². The van der Waals surface area contributed by atoms with E-state index in [0.29, 0.717) is 4.88 Å². The number of rotatable bonds is 10. The van der Waals surface area contributed by atoms with Gasteiger partial charge in [0.05, 0.1) is 11.4 Å². The summed E-state index contributed by atoms with van der Waals surface area (Å²) in [6.45, 7) is 6.23. The van der Waals surface area contributed by atoms with Gasteiger partial charge in [0.1, 0.15) is 16.8 Å². The lowest BCUT2D eigenvalue weighted by Crippen LogP contribution is -2.46. The molecular formula is C21H25FN2O6S2. The first-order valence-electron chi connectivity index (χ1n) is 9.77. The van der Waals surface area contributed by atoms with Crippen LogP contribution >= 0.6 is 11.3 Å². The van der Waals surface area contributed by atoms with Crippen LogP contribution in [-0.4, -0.2) is 38.2 Å². The summed E-state index contributed by atoms with van der Waals surface area (Å²) >= 11 is 1.15. The summed E-state index contributed by atoms with van der Waals surface area (Å²) < 4.78 is 46.5. The van der Waals surface area contributed by atoms with Crippen molar-refractivity contribution in [1.29, 1.82) is 0 Å². The molecule has 8 nitrogen and oxygen atoms in total. The smallest absolute Gasteiger partial charge is 0.325 e. The third kappa shape index (κ3) is 6.68. The number of halogens is 1. The first-order valence-corrected chi connectivity index (χ1v) is 12.1. The fraction of sp³-hybridized carbons (Fsp3) is 0.381. The lowest BCUT2D eigenvalue weighted by Gasteiger charge is -2.22. The van der Waals surface area contributed by atoms with Crippen molar-refractivity contribution in [1.82, 2.24) is 10.0 Å². The maximum Gasteiger partial charge on any atom is 0.325 e. The van der Waals surface area contributed by atoms with Crippen LogP contribution in [0.5, 0.6) is 0 Å². The SMILES string of the molecule is CC(=O)NCc1ccc(C(=O)C(C)OC(=O)[C@@H](NS(=O)(=O)c2ccccc2F)C(C)C)s1. The van der Waals surface area contributed by atoms with Crippen LogP contribution in [0.1, 0.15) is 42.2 Å². The average molecular weight is 485 g/mol. The Kier molecular flexibility index (Phi) is 8.65. The van der Waals surface area contributed by atoms with E-state index in [1.807, 2.05) is 0 Å². The van der Waals surface area contributed by atoms with E-state index in [2.05, 4.69) is 10.0 Å². The molecule has 0 saturated heterocycles. The van der Waals surface area contributed by atoms with E-state index in [-0.39, 0.29) is 12.5 Å². The Morgan fingerprint density at radius 1 is 1.09 bits per heavy atom. The van der Waals surface area contributed by atoms with Gasteiger partial charge in [0.25, 0.3) is 0 Å². The number of carbonyl (C=O) groups excluding carboxylic acids is 3. The van der Waals surface area contributed by atoms with Gasteiger partial charge in [0.2, 0.25) is 21.7 Å². The molecule has 1 unspecified atom stereocenters. The summed E-state index contributed by atoms with van der Waals surface area (Å²) in [7, 11) is -4.34. The normalized spacial score (nSPS) is 13.4. The van der Waals surface area contributed by atoms with E-state index >= 15 is 0 Å². The van der Waals surface area contributed by atoms with Crippen molar-refractivity contribution in [2.24, 2.45) is 5.92 Å². The number of hydrogen-bond donors (Lipinski definition) is 2. The summed E-state index contributed by atoms with van der Waals surface area (Å²) in [6.07, 6.45) is -1.17. The van der Waals surface area contributed by atoms with Crippen molar-refractivity contribution in [2.45, 2.75) is 51.3 Å². The number of Topliss-reactive ketones (excluding diaryl/α,β-unsaturated/α-hetero) is 1. The third-order valence-corrected chi connectivity index (χ3v) is 6.98. The maximum absolute atomic E-state index is 13.9. The zero-order chi connectivity index (χ0) is 24.1. The molecular weight excluding hydrogens is 459 g/mol. The quantitative estimate of drug-likeness (QED) is 0.395. The molecule has 0 bridgehead atoms. The molecule has 0 fully saturated rings. The Balaban J connectivity index is 2.10. The minimum Gasteiger partial charge on any atom is -0.453 e. The fourth-order valence-corrected chi connectivity index (χ4v) is 5.05. The lowest BCUT2D eigenvalue weighted by molar-refractivity contribution is -0.149. The van der Waals surface area contributed by atoms with Crippen molar-refractivity contribution < 1.29 is 31.9 Å². The Morgan fingerprint density at radius 2 is 1.75 bits per heavy atom. The van der Waals surface area contributed by atoms with Crippen molar-refractivity contribution in [2.75, 3.05) is 0 Å². The van der Waals surface area contributed by atoms with E-state index in [4.69, 9.17) is 4.74 Å². The van der Waals surface area contributed by atoms with Crippen molar-refractivity contribution in [3.8, 4) is 0 Å². The number of benzene rings is 1. The number of ketones is 1. The second-order valence-corrected chi connectivity index (χ2v) is 10.2. The molecule has 1 amide bonds. The summed E-state index contributed by atoms with van der Waals surface area (Å²) in [5.41, 5.74) is 0. The van der Waals surface area contributed by atoms with Gasteiger partial charge in [0, 0.05) is 11.8 Å². The number of esters is 1. The minimum absolute atomic E-state index is 0.203. The average Bonchev–Trinajstić information content (AvgIpc) is 3.18. The Morgan fingerprint density at radius 3 is 2.34 bits per heavy atom. The molecule has 0 aliphatic carbocycles. The van der Waals surface area contributed by atoms with Crippen LogP contribution in [0, 0.1) is 11.7 Å². The van der Waals surface area contributed by atoms with E-state index < -0.39 is 50.6 Å². The summed E-state index contributed by atoms with van der Waals surface area (Å²) in [5, 5.41) is 2.63. The van der Waals surface area contributed by atoms with Crippen molar-refractivity contribution in [3.05, 3.63) is 52.0 Å². The van der Waals surface area contributed by atoms with Gasteiger partial charge in [-0.3, -0.25) is 14.4 Å². The zero-order valence-corrected chi connectivity index (χ0v) is 19.7. The van der Waals surface area contributed by atoms with Gasteiger partial charge in [-0.25, -0.2) is 12.8 Å². The molecule has 2 N–H and O–H groups in total. The number of ether oxygens (including phenoxy) is 1. The number of thiophene rings is 1. The van der Waals surface area contributed by atoms with Gasteiger partial charge in [-0.1, -0.05) is 26.0 Å². The minimum atomic E-state index is -4.34. The monoisotopic (exact) mass is 484 g/mol. The summed E-state index contributed by atoms with van der Waals surface area (Å²) in [6, 6.07) is 6.72. The van der Waals surface area contributed by atoms with Crippen LogP contribution in [0.15, 0.2) is 41.3 Å². The molecule has 2 aromatic rings. The summed E-state index contributed by atoms with van der Waals surface area (Å²) in [4.78, 5) is 36.8. The molecule has 2 rings (SSSR count). The fourth-order valence-electron chi connectivity index (χ4n) is 2.67. The lowest BCUT2D eigenvalue weighted by atomic mass is 10.1. The standard InChI is InChI=1S/C21H25FN2O6S2/c1-12(2)19(24-32(28,29)18-8-6-5-7-16(18)22)21(27)30-13(3)20(26)17-10-9-15(31-17)11-23-14(4)25/h5-10,12-13,19,24H,11H2,1-4H3,(H,23,25)/t13?,19-/m0/s1. The molecule has 1 heterocycles. The van der Waals surface area contributed by atoms with Crippen LogP contribution in [-0.2, 0) is 30.9 Å². The molecule has 0 radical (unpaired) electrons. The van der Waals surface area contributed by atoms with E-state index in [1.54, 1.807) is 26.0 Å². The van der Waals surface area contributed by atoms with E-state index in [1.165, 1.54) is 26.0 Å². The van der Waals surface area contributed by atoms with E-state index in [9.17, 15) is 27.2 Å². The summed E-state index contributed by atoms with van der Waals surface area (Å²) in [5.74, 6) is -3.09. The second-order valence-electron chi connectivity index (χ2n) is 7.39. The number of carbonyl (C=O) groups is 3. The second kappa shape index (κ2) is 10.8. The molecule has 11 heteroatoms. The predicted molar refractivity (Wildman–Crippen MR) is 117 cm³/mol. The van der Waals surface area contributed by atoms with Crippen molar-refractivity contribution in [3.63, 3.8) is 0 Å². The molecule has 32 heavy (non-hydrogen) atoms. The number of sulfonamides is 1. The highest BCUT2D eigenvalue weighted by molar-refractivity contribution is 7.89. The van der Waals surface area contributed by atoms with E-state index in [0.717, 1.165) is 28.3 Å². The van der Waals surface area contributed by atoms with Gasteiger partial charge in [-0.2, -0.15) is 4.72 Å². The van der Waals surface area contributed by atoms with Gasteiger partial charge < -0.3 is 10.1 Å². The number of nitrogens with one attached hydrogen (secondary N) is 2. The molecule has 1 aromatic heterocycles.